The van der Waals surface area contributed by atoms with E-state index in [2.05, 4.69) is 0 Å². The second-order valence-electron chi connectivity index (χ2n) is 5.52. The molecule has 1 saturated heterocycles. The largest absolute Gasteiger partial charge is 0.386 e. The first kappa shape index (κ1) is 16.8. The highest BCUT2D eigenvalue weighted by atomic mass is 16.7. The molecular weight excluding hydrogens is 290 g/mol. The Morgan fingerprint density at radius 1 is 1.32 bits per heavy atom. The van der Waals surface area contributed by atoms with E-state index in [0.29, 0.717) is 12.0 Å². The summed E-state index contributed by atoms with van der Waals surface area (Å²) >= 11 is 0. The van der Waals surface area contributed by atoms with Crippen LogP contribution in [0.2, 0.25) is 0 Å². The fourth-order valence-electron chi connectivity index (χ4n) is 3.27. The minimum atomic E-state index is -1.83. The van der Waals surface area contributed by atoms with Crippen molar-refractivity contribution >= 4 is 11.7 Å². The molecule has 1 heterocycles. The molecule has 0 unspecified atom stereocenters. The first-order chi connectivity index (χ1) is 10.3. The van der Waals surface area contributed by atoms with Crippen molar-refractivity contribution in [1.82, 2.24) is 5.06 Å². The summed E-state index contributed by atoms with van der Waals surface area (Å²) in [6.07, 6.45) is 1.74. The number of aliphatic hydroxyl groups excluding tert-OH is 2. The van der Waals surface area contributed by atoms with Crippen LogP contribution in [-0.2, 0) is 19.2 Å². The molecule has 0 aromatic heterocycles. The van der Waals surface area contributed by atoms with Crippen molar-refractivity contribution in [2.75, 3.05) is 14.2 Å². The summed E-state index contributed by atoms with van der Waals surface area (Å²) in [5.74, 6) is -1.35. The Labute approximate surface area is 128 Å². The van der Waals surface area contributed by atoms with Gasteiger partial charge in [0.15, 0.2) is 11.5 Å². The van der Waals surface area contributed by atoms with Crippen molar-refractivity contribution in [3.63, 3.8) is 0 Å². The SMILES string of the molecule is CCC=C1C=CC(=O)[C@@H](O)[C@]12C(=O)N(OC)[C@@](C)(OC)[C@H]2O. The summed E-state index contributed by atoms with van der Waals surface area (Å²) in [5.41, 5.74) is -2.98. The van der Waals surface area contributed by atoms with Crippen molar-refractivity contribution in [2.45, 2.75) is 38.2 Å². The molecule has 2 N–H and O–H groups in total. The molecule has 1 amide bonds. The van der Waals surface area contributed by atoms with Gasteiger partial charge in [0.05, 0.1) is 7.11 Å². The summed E-state index contributed by atoms with van der Waals surface area (Å²) < 4.78 is 5.28. The predicted octanol–water partition coefficient (Wildman–Crippen LogP) is -0.0639. The van der Waals surface area contributed by atoms with Gasteiger partial charge in [0.2, 0.25) is 0 Å². The maximum atomic E-state index is 12.9. The van der Waals surface area contributed by atoms with Gasteiger partial charge < -0.3 is 14.9 Å². The number of hydrogen-bond acceptors (Lipinski definition) is 6. The number of methoxy groups -OCH3 is 1. The fourth-order valence-corrected chi connectivity index (χ4v) is 3.27. The number of ketones is 1. The van der Waals surface area contributed by atoms with Gasteiger partial charge in [0.25, 0.3) is 5.91 Å². The van der Waals surface area contributed by atoms with E-state index in [4.69, 9.17) is 9.57 Å². The fraction of sp³-hybridized carbons (Fsp3) is 0.600. The summed E-state index contributed by atoms with van der Waals surface area (Å²) in [6, 6.07) is 0. The van der Waals surface area contributed by atoms with Crippen LogP contribution in [0.1, 0.15) is 20.3 Å². The number of ether oxygens (including phenoxy) is 1. The third kappa shape index (κ3) is 1.83. The number of hydrogen-bond donors (Lipinski definition) is 2. The Kier molecular flexibility index (Phi) is 4.27. The molecule has 2 rings (SSSR count). The second-order valence-corrected chi connectivity index (χ2v) is 5.52. The lowest BCUT2D eigenvalue weighted by atomic mass is 9.66. The molecule has 22 heavy (non-hydrogen) atoms. The molecule has 0 radical (unpaired) electrons. The minimum Gasteiger partial charge on any atom is -0.386 e. The lowest BCUT2D eigenvalue weighted by Gasteiger charge is -2.39. The first-order valence-corrected chi connectivity index (χ1v) is 7.04. The number of amides is 1. The van der Waals surface area contributed by atoms with Gasteiger partial charge in [-0.05, 0) is 25.0 Å². The molecule has 7 nitrogen and oxygen atoms in total. The molecule has 1 spiro atoms. The molecule has 0 aromatic rings. The minimum absolute atomic E-state index is 0.377. The highest BCUT2D eigenvalue weighted by Gasteiger charge is 2.71. The molecule has 4 atom stereocenters. The molecular formula is C15H21NO6. The summed E-state index contributed by atoms with van der Waals surface area (Å²) in [6.45, 7) is 3.32. The zero-order valence-corrected chi connectivity index (χ0v) is 13.1. The number of aliphatic hydroxyl groups is 2. The molecule has 1 aliphatic heterocycles. The van der Waals surface area contributed by atoms with Crippen LogP contribution in [-0.4, -0.2) is 59.1 Å². The van der Waals surface area contributed by atoms with Crippen LogP contribution in [0, 0.1) is 5.41 Å². The predicted molar refractivity (Wildman–Crippen MR) is 76.2 cm³/mol. The maximum absolute atomic E-state index is 12.9. The van der Waals surface area contributed by atoms with Crippen LogP contribution >= 0.6 is 0 Å². The van der Waals surface area contributed by atoms with E-state index in [9.17, 15) is 19.8 Å². The quantitative estimate of drug-likeness (QED) is 0.758. The number of rotatable bonds is 3. The van der Waals surface area contributed by atoms with Crippen LogP contribution in [0.3, 0.4) is 0 Å². The van der Waals surface area contributed by atoms with Gasteiger partial charge in [-0.15, -0.1) is 0 Å². The average Bonchev–Trinajstić information content (AvgIpc) is 2.67. The van der Waals surface area contributed by atoms with Gasteiger partial charge in [-0.3, -0.25) is 14.4 Å². The lowest BCUT2D eigenvalue weighted by molar-refractivity contribution is -0.273. The third-order valence-electron chi connectivity index (χ3n) is 4.51. The van der Waals surface area contributed by atoms with Gasteiger partial charge in [0, 0.05) is 7.11 Å². The zero-order valence-electron chi connectivity index (χ0n) is 13.1. The topological polar surface area (TPSA) is 96.3 Å². The van der Waals surface area contributed by atoms with E-state index < -0.39 is 35.0 Å². The highest BCUT2D eigenvalue weighted by Crippen LogP contribution is 2.52. The number of nitrogens with zero attached hydrogens (tertiary/aromatic N) is 1. The van der Waals surface area contributed by atoms with Crippen LogP contribution < -0.4 is 0 Å². The first-order valence-electron chi connectivity index (χ1n) is 7.04. The van der Waals surface area contributed by atoms with Gasteiger partial charge in [-0.1, -0.05) is 19.1 Å². The maximum Gasteiger partial charge on any atom is 0.265 e. The molecule has 0 bridgehead atoms. The Hall–Kier alpha value is -1.54. The van der Waals surface area contributed by atoms with Crippen LogP contribution in [0.4, 0.5) is 0 Å². The van der Waals surface area contributed by atoms with Crippen molar-refractivity contribution in [3.8, 4) is 0 Å². The van der Waals surface area contributed by atoms with Gasteiger partial charge >= 0.3 is 0 Å². The summed E-state index contributed by atoms with van der Waals surface area (Å²) in [7, 11) is 2.58. The third-order valence-corrected chi connectivity index (χ3v) is 4.51. The Balaban J connectivity index is 2.73. The molecule has 0 saturated carbocycles. The number of carbonyl (C=O) groups is 2. The smallest absolute Gasteiger partial charge is 0.265 e. The van der Waals surface area contributed by atoms with Crippen molar-refractivity contribution in [3.05, 3.63) is 23.8 Å². The van der Waals surface area contributed by atoms with Crippen molar-refractivity contribution in [2.24, 2.45) is 5.41 Å². The van der Waals surface area contributed by atoms with Crippen molar-refractivity contribution in [1.29, 1.82) is 0 Å². The lowest BCUT2D eigenvalue weighted by Crippen LogP contribution is -2.56. The van der Waals surface area contributed by atoms with E-state index in [1.807, 2.05) is 6.92 Å². The van der Waals surface area contributed by atoms with E-state index >= 15 is 0 Å². The van der Waals surface area contributed by atoms with Crippen LogP contribution in [0.5, 0.6) is 0 Å². The molecule has 7 heteroatoms. The molecule has 2 aliphatic rings. The van der Waals surface area contributed by atoms with Crippen molar-refractivity contribution < 1.29 is 29.4 Å². The van der Waals surface area contributed by atoms with Gasteiger partial charge in [-0.25, -0.2) is 0 Å². The monoisotopic (exact) mass is 311 g/mol. The highest BCUT2D eigenvalue weighted by molar-refractivity contribution is 6.05. The standard InChI is InChI=1S/C15H21NO6/c1-5-6-9-7-8-10(17)11(18)15(9)12(19)14(2,21-3)16(22-4)13(15)20/h6-8,11-12,18-19H,5H2,1-4H3/t11-,12-,14+,15-/m1/s1. The van der Waals surface area contributed by atoms with E-state index in [1.165, 1.54) is 33.3 Å². The average molecular weight is 311 g/mol. The Bertz CT molecular complexity index is 556. The summed E-state index contributed by atoms with van der Waals surface area (Å²) in [4.78, 5) is 29.9. The second kappa shape index (κ2) is 5.58. The number of hydroxylamine groups is 2. The Morgan fingerprint density at radius 3 is 2.41 bits per heavy atom. The van der Waals surface area contributed by atoms with Crippen LogP contribution in [0.25, 0.3) is 0 Å². The van der Waals surface area contributed by atoms with Gasteiger partial charge in [0.1, 0.15) is 17.6 Å². The van der Waals surface area contributed by atoms with E-state index in [0.717, 1.165) is 5.06 Å². The van der Waals surface area contributed by atoms with E-state index in [-0.39, 0.29) is 0 Å². The number of carbonyl (C=O) groups excluding carboxylic acids is 2. The number of allylic oxidation sites excluding steroid dienone is 2. The molecule has 122 valence electrons. The van der Waals surface area contributed by atoms with Crippen LogP contribution in [0.15, 0.2) is 23.8 Å². The van der Waals surface area contributed by atoms with Gasteiger partial charge in [-0.2, -0.15) is 5.06 Å². The molecule has 1 aliphatic carbocycles. The normalized spacial score (nSPS) is 40.3. The zero-order chi connectivity index (χ0) is 16.7. The molecule has 1 fully saturated rings. The Morgan fingerprint density at radius 2 is 1.95 bits per heavy atom. The van der Waals surface area contributed by atoms with E-state index in [1.54, 1.807) is 6.08 Å². The molecule has 0 aromatic carbocycles. The summed E-state index contributed by atoms with van der Waals surface area (Å²) in [5, 5.41) is 22.1.